The first-order chi connectivity index (χ1) is 9.63. The third-order valence-electron chi connectivity index (χ3n) is 3.39. The SMILES string of the molecule is O=C(Cc1ccc(F)cc1Cl)C1Cc2ccccc2O1. The van der Waals surface area contributed by atoms with Gasteiger partial charge in [0.1, 0.15) is 11.6 Å². The minimum Gasteiger partial charge on any atom is -0.482 e. The molecule has 102 valence electrons. The molecule has 1 heterocycles. The fourth-order valence-electron chi connectivity index (χ4n) is 2.33. The first kappa shape index (κ1) is 13.1. The minimum atomic E-state index is -0.478. The zero-order valence-corrected chi connectivity index (χ0v) is 11.4. The van der Waals surface area contributed by atoms with E-state index in [1.54, 1.807) is 0 Å². The van der Waals surface area contributed by atoms with E-state index in [0.29, 0.717) is 12.0 Å². The zero-order valence-electron chi connectivity index (χ0n) is 10.6. The molecule has 20 heavy (non-hydrogen) atoms. The number of hydrogen-bond donors (Lipinski definition) is 0. The molecule has 0 spiro atoms. The highest BCUT2D eigenvalue weighted by atomic mass is 35.5. The van der Waals surface area contributed by atoms with Crippen molar-refractivity contribution in [3.8, 4) is 5.75 Å². The maximum atomic E-state index is 13.0. The smallest absolute Gasteiger partial charge is 0.178 e. The molecule has 0 bridgehead atoms. The summed E-state index contributed by atoms with van der Waals surface area (Å²) >= 11 is 5.94. The van der Waals surface area contributed by atoms with Crippen molar-refractivity contribution in [3.05, 3.63) is 64.4 Å². The van der Waals surface area contributed by atoms with Crippen LogP contribution in [0.5, 0.6) is 5.75 Å². The summed E-state index contributed by atoms with van der Waals surface area (Å²) in [4.78, 5) is 12.2. The number of Topliss-reactive ketones (excluding diaryl/α,β-unsaturated/α-hetero) is 1. The maximum absolute atomic E-state index is 13.0. The van der Waals surface area contributed by atoms with Crippen LogP contribution in [0.1, 0.15) is 11.1 Å². The third-order valence-corrected chi connectivity index (χ3v) is 3.74. The molecule has 4 heteroatoms. The van der Waals surface area contributed by atoms with Gasteiger partial charge in [0.15, 0.2) is 11.9 Å². The second-order valence-electron chi connectivity index (χ2n) is 4.80. The molecular weight excluding hydrogens is 279 g/mol. The van der Waals surface area contributed by atoms with E-state index in [9.17, 15) is 9.18 Å². The molecule has 0 amide bonds. The molecule has 0 aliphatic carbocycles. The van der Waals surface area contributed by atoms with Gasteiger partial charge in [-0.2, -0.15) is 0 Å². The molecule has 0 saturated carbocycles. The molecule has 0 fully saturated rings. The van der Waals surface area contributed by atoms with Gasteiger partial charge in [-0.1, -0.05) is 35.9 Å². The number of rotatable bonds is 3. The molecule has 2 nitrogen and oxygen atoms in total. The lowest BCUT2D eigenvalue weighted by Crippen LogP contribution is -2.27. The van der Waals surface area contributed by atoms with Gasteiger partial charge in [-0.15, -0.1) is 0 Å². The van der Waals surface area contributed by atoms with Crippen molar-refractivity contribution in [2.24, 2.45) is 0 Å². The number of hydrogen-bond acceptors (Lipinski definition) is 2. The lowest BCUT2D eigenvalue weighted by Gasteiger charge is -2.10. The average molecular weight is 291 g/mol. The summed E-state index contributed by atoms with van der Waals surface area (Å²) in [5.74, 6) is 0.307. The number of para-hydroxylation sites is 1. The summed E-state index contributed by atoms with van der Waals surface area (Å²) in [5.41, 5.74) is 1.66. The topological polar surface area (TPSA) is 26.3 Å². The van der Waals surface area contributed by atoms with Crippen molar-refractivity contribution >= 4 is 17.4 Å². The predicted octanol–water partition coefficient (Wildman–Crippen LogP) is 3.59. The Morgan fingerprint density at radius 3 is 2.85 bits per heavy atom. The number of halogens is 2. The molecule has 1 aliphatic rings. The molecule has 3 rings (SSSR count). The van der Waals surface area contributed by atoms with E-state index in [4.69, 9.17) is 16.3 Å². The van der Waals surface area contributed by atoms with Crippen LogP contribution in [0.2, 0.25) is 5.02 Å². The van der Waals surface area contributed by atoms with Gasteiger partial charge < -0.3 is 4.74 Å². The van der Waals surface area contributed by atoms with Crippen molar-refractivity contribution in [1.29, 1.82) is 0 Å². The van der Waals surface area contributed by atoms with Crippen LogP contribution in [0.15, 0.2) is 42.5 Å². The van der Waals surface area contributed by atoms with Crippen LogP contribution in [0.3, 0.4) is 0 Å². The Morgan fingerprint density at radius 2 is 2.10 bits per heavy atom. The Balaban J connectivity index is 1.72. The Labute approximate surface area is 121 Å². The molecule has 0 saturated heterocycles. The summed E-state index contributed by atoms with van der Waals surface area (Å²) in [5, 5.41) is 0.272. The third kappa shape index (κ3) is 2.54. The predicted molar refractivity (Wildman–Crippen MR) is 74.7 cm³/mol. The molecule has 2 aromatic carbocycles. The Morgan fingerprint density at radius 1 is 1.30 bits per heavy atom. The fourth-order valence-corrected chi connectivity index (χ4v) is 2.56. The van der Waals surface area contributed by atoms with Crippen LogP contribution in [0, 0.1) is 5.82 Å². The second-order valence-corrected chi connectivity index (χ2v) is 5.20. The van der Waals surface area contributed by atoms with E-state index in [-0.39, 0.29) is 17.2 Å². The van der Waals surface area contributed by atoms with Crippen LogP contribution >= 0.6 is 11.6 Å². The van der Waals surface area contributed by atoms with E-state index in [0.717, 1.165) is 11.3 Å². The second kappa shape index (κ2) is 5.25. The monoisotopic (exact) mass is 290 g/mol. The molecule has 0 N–H and O–H groups in total. The molecule has 1 unspecified atom stereocenters. The van der Waals surface area contributed by atoms with E-state index < -0.39 is 11.9 Å². The number of benzene rings is 2. The molecular formula is C16H12ClFO2. The average Bonchev–Trinajstić information content (AvgIpc) is 2.86. The number of ether oxygens (including phenoxy) is 1. The molecule has 1 aliphatic heterocycles. The lowest BCUT2D eigenvalue weighted by atomic mass is 10.0. The van der Waals surface area contributed by atoms with Crippen molar-refractivity contribution in [2.75, 3.05) is 0 Å². The normalized spacial score (nSPS) is 16.6. The number of carbonyl (C=O) groups is 1. The minimum absolute atomic E-state index is 0.0466. The van der Waals surface area contributed by atoms with Gasteiger partial charge in [0.2, 0.25) is 0 Å². The number of fused-ring (bicyclic) bond motifs is 1. The Bertz CT molecular complexity index is 644. The fraction of sp³-hybridized carbons (Fsp3) is 0.188. The number of carbonyl (C=O) groups excluding carboxylic acids is 1. The van der Waals surface area contributed by atoms with Gasteiger partial charge in [-0.3, -0.25) is 4.79 Å². The summed E-state index contributed by atoms with van der Waals surface area (Å²) in [6.45, 7) is 0. The van der Waals surface area contributed by atoms with Crippen LogP contribution in [-0.2, 0) is 17.6 Å². The van der Waals surface area contributed by atoms with Gasteiger partial charge in [0, 0.05) is 17.9 Å². The van der Waals surface area contributed by atoms with Crippen LogP contribution in [0.25, 0.3) is 0 Å². The van der Waals surface area contributed by atoms with Crippen molar-refractivity contribution < 1.29 is 13.9 Å². The van der Waals surface area contributed by atoms with E-state index in [2.05, 4.69) is 0 Å². The van der Waals surface area contributed by atoms with Crippen LogP contribution in [0.4, 0.5) is 4.39 Å². The van der Waals surface area contributed by atoms with Gasteiger partial charge >= 0.3 is 0 Å². The molecule has 2 aromatic rings. The summed E-state index contributed by atoms with van der Waals surface area (Å²) < 4.78 is 18.6. The van der Waals surface area contributed by atoms with Crippen LogP contribution in [-0.4, -0.2) is 11.9 Å². The van der Waals surface area contributed by atoms with Crippen molar-refractivity contribution in [2.45, 2.75) is 18.9 Å². The van der Waals surface area contributed by atoms with Gasteiger partial charge in [-0.25, -0.2) is 4.39 Å². The summed E-state index contributed by atoms with van der Waals surface area (Å²) in [6, 6.07) is 11.7. The van der Waals surface area contributed by atoms with E-state index in [1.807, 2.05) is 24.3 Å². The standard InChI is InChI=1S/C16H12ClFO2/c17-13-9-12(18)6-5-10(13)7-14(19)16-8-11-3-1-2-4-15(11)20-16/h1-6,9,16H,7-8H2. The van der Waals surface area contributed by atoms with Gasteiger partial charge in [0.05, 0.1) is 0 Å². The Kier molecular flexibility index (Phi) is 3.45. The first-order valence-electron chi connectivity index (χ1n) is 6.34. The molecule has 0 radical (unpaired) electrons. The quantitative estimate of drug-likeness (QED) is 0.863. The van der Waals surface area contributed by atoms with Crippen molar-refractivity contribution in [1.82, 2.24) is 0 Å². The largest absolute Gasteiger partial charge is 0.482 e. The van der Waals surface area contributed by atoms with Gasteiger partial charge in [-0.05, 0) is 29.3 Å². The summed E-state index contributed by atoms with van der Waals surface area (Å²) in [7, 11) is 0. The van der Waals surface area contributed by atoms with Crippen molar-refractivity contribution in [3.63, 3.8) is 0 Å². The van der Waals surface area contributed by atoms with Gasteiger partial charge in [0.25, 0.3) is 0 Å². The molecule has 0 aromatic heterocycles. The highest BCUT2D eigenvalue weighted by Gasteiger charge is 2.28. The van der Waals surface area contributed by atoms with E-state index in [1.165, 1.54) is 18.2 Å². The maximum Gasteiger partial charge on any atom is 0.178 e. The van der Waals surface area contributed by atoms with Crippen LogP contribution < -0.4 is 4.74 Å². The summed E-state index contributed by atoms with van der Waals surface area (Å²) in [6.07, 6.45) is 0.250. The molecule has 1 atom stereocenters. The zero-order chi connectivity index (χ0) is 14.1. The highest BCUT2D eigenvalue weighted by molar-refractivity contribution is 6.31. The number of ketones is 1. The highest BCUT2D eigenvalue weighted by Crippen LogP contribution is 2.29. The first-order valence-corrected chi connectivity index (χ1v) is 6.72. The van der Waals surface area contributed by atoms with E-state index >= 15 is 0 Å². The Hall–Kier alpha value is -1.87. The lowest BCUT2D eigenvalue weighted by molar-refractivity contribution is -0.124.